The quantitative estimate of drug-likeness (QED) is 0.916. The van der Waals surface area contributed by atoms with Crippen LogP contribution in [0, 0.1) is 11.7 Å². The summed E-state index contributed by atoms with van der Waals surface area (Å²) in [6.45, 7) is 2.53. The normalized spacial score (nSPS) is 21.5. The zero-order valence-corrected chi connectivity index (χ0v) is 13.3. The van der Waals surface area contributed by atoms with Gasteiger partial charge in [0.05, 0.1) is 0 Å². The van der Waals surface area contributed by atoms with Crippen molar-refractivity contribution in [2.75, 3.05) is 13.1 Å². The van der Waals surface area contributed by atoms with Crippen molar-refractivity contribution in [1.29, 1.82) is 0 Å². The van der Waals surface area contributed by atoms with Crippen LogP contribution in [0.4, 0.5) is 4.39 Å². The molecule has 114 valence electrons. The van der Waals surface area contributed by atoms with Gasteiger partial charge in [0.1, 0.15) is 10.7 Å². The molecule has 1 heterocycles. The Morgan fingerprint density at radius 2 is 2.15 bits per heavy atom. The first-order chi connectivity index (χ1) is 8.82. The first-order valence-corrected chi connectivity index (χ1v) is 7.85. The fourth-order valence-corrected chi connectivity index (χ4v) is 4.05. The Morgan fingerprint density at radius 3 is 2.70 bits per heavy atom. The van der Waals surface area contributed by atoms with Crippen molar-refractivity contribution in [3.05, 3.63) is 29.0 Å². The molecule has 8 heteroatoms. The standard InChI is InChI=1S/C12H16ClFN2O2S.ClH/c1-8(15)9-4-5-16(7-9)19(17,18)12-6-10(13)2-3-11(12)14;/h2-3,6,8-9H,4-5,7,15H2,1H3;1H. The van der Waals surface area contributed by atoms with E-state index in [4.69, 9.17) is 17.3 Å². The Hall–Kier alpha value is -0.400. The molecule has 1 aromatic rings. The van der Waals surface area contributed by atoms with E-state index in [2.05, 4.69) is 0 Å². The van der Waals surface area contributed by atoms with Crippen LogP contribution in [0.5, 0.6) is 0 Å². The average Bonchev–Trinajstić information content (AvgIpc) is 2.82. The molecule has 20 heavy (non-hydrogen) atoms. The number of halogens is 3. The topological polar surface area (TPSA) is 63.4 Å². The van der Waals surface area contributed by atoms with Crippen molar-refractivity contribution < 1.29 is 12.8 Å². The minimum atomic E-state index is -3.84. The van der Waals surface area contributed by atoms with E-state index in [0.29, 0.717) is 19.5 Å². The summed E-state index contributed by atoms with van der Waals surface area (Å²) < 4.78 is 39.7. The second kappa shape index (κ2) is 6.58. The molecule has 0 spiro atoms. The Bertz CT molecular complexity index is 581. The van der Waals surface area contributed by atoms with E-state index >= 15 is 0 Å². The molecule has 1 fully saturated rings. The maximum atomic E-state index is 13.7. The predicted molar refractivity (Wildman–Crippen MR) is 79.2 cm³/mol. The first kappa shape index (κ1) is 17.7. The number of sulfonamides is 1. The summed E-state index contributed by atoms with van der Waals surface area (Å²) in [4.78, 5) is -0.370. The molecule has 2 unspecified atom stereocenters. The SMILES string of the molecule is CC(N)C1CCN(S(=O)(=O)c2cc(Cl)ccc2F)C1.Cl. The summed E-state index contributed by atoms with van der Waals surface area (Å²) in [5, 5.41) is 0.197. The van der Waals surface area contributed by atoms with Gasteiger partial charge in [-0.15, -0.1) is 12.4 Å². The highest BCUT2D eigenvalue weighted by atomic mass is 35.5. The van der Waals surface area contributed by atoms with Crippen molar-refractivity contribution in [3.8, 4) is 0 Å². The zero-order valence-electron chi connectivity index (χ0n) is 10.9. The molecular weight excluding hydrogens is 326 g/mol. The molecule has 2 N–H and O–H groups in total. The lowest BCUT2D eigenvalue weighted by molar-refractivity contribution is 0.426. The summed E-state index contributed by atoms with van der Waals surface area (Å²) in [7, 11) is -3.84. The van der Waals surface area contributed by atoms with Gasteiger partial charge in [-0.1, -0.05) is 11.6 Å². The van der Waals surface area contributed by atoms with E-state index < -0.39 is 15.8 Å². The maximum absolute atomic E-state index is 13.7. The van der Waals surface area contributed by atoms with Gasteiger partial charge in [0.2, 0.25) is 10.0 Å². The summed E-state index contributed by atoms with van der Waals surface area (Å²) in [6, 6.07) is 3.45. The number of hydrogen-bond acceptors (Lipinski definition) is 3. The van der Waals surface area contributed by atoms with Crippen molar-refractivity contribution >= 4 is 34.0 Å². The van der Waals surface area contributed by atoms with E-state index in [-0.39, 0.29) is 34.3 Å². The molecule has 0 aliphatic carbocycles. The van der Waals surface area contributed by atoms with Crippen LogP contribution in [0.2, 0.25) is 5.02 Å². The van der Waals surface area contributed by atoms with Crippen LogP contribution in [0.25, 0.3) is 0 Å². The van der Waals surface area contributed by atoms with Crippen LogP contribution < -0.4 is 5.73 Å². The third-order valence-corrected chi connectivity index (χ3v) is 5.56. The predicted octanol–water partition coefficient (Wildman–Crippen LogP) is 2.26. The van der Waals surface area contributed by atoms with E-state index in [0.717, 1.165) is 12.1 Å². The lowest BCUT2D eigenvalue weighted by Crippen LogP contribution is -2.33. The minimum Gasteiger partial charge on any atom is -0.328 e. The molecule has 1 aliphatic heterocycles. The highest BCUT2D eigenvalue weighted by Gasteiger charge is 2.35. The molecule has 2 atom stereocenters. The Kier molecular flexibility index (Phi) is 5.80. The number of rotatable bonds is 3. The summed E-state index contributed by atoms with van der Waals surface area (Å²) in [5.74, 6) is -0.675. The third kappa shape index (κ3) is 3.43. The van der Waals surface area contributed by atoms with Gasteiger partial charge < -0.3 is 5.73 Å². The largest absolute Gasteiger partial charge is 0.328 e. The van der Waals surface area contributed by atoms with Gasteiger partial charge in [-0.05, 0) is 37.5 Å². The van der Waals surface area contributed by atoms with Gasteiger partial charge in [-0.2, -0.15) is 4.31 Å². The second-order valence-corrected chi connectivity index (χ2v) is 7.19. The Labute approximate surface area is 129 Å². The van der Waals surface area contributed by atoms with Crippen LogP contribution in [0.3, 0.4) is 0 Å². The highest BCUT2D eigenvalue weighted by molar-refractivity contribution is 7.89. The molecule has 1 aliphatic rings. The fraction of sp³-hybridized carbons (Fsp3) is 0.500. The number of hydrogen-bond donors (Lipinski definition) is 1. The molecule has 1 aromatic carbocycles. The monoisotopic (exact) mass is 342 g/mol. The van der Waals surface area contributed by atoms with Crippen LogP contribution in [0.1, 0.15) is 13.3 Å². The number of benzene rings is 1. The first-order valence-electron chi connectivity index (χ1n) is 6.03. The molecule has 0 saturated carbocycles. The van der Waals surface area contributed by atoms with E-state index in [1.807, 2.05) is 6.92 Å². The van der Waals surface area contributed by atoms with Crippen molar-refractivity contribution in [1.82, 2.24) is 4.31 Å². The van der Waals surface area contributed by atoms with Gasteiger partial charge in [0.25, 0.3) is 0 Å². The van der Waals surface area contributed by atoms with Gasteiger partial charge in [0.15, 0.2) is 0 Å². The summed E-state index contributed by atoms with van der Waals surface area (Å²) in [6.07, 6.45) is 0.694. The molecule has 2 rings (SSSR count). The fourth-order valence-electron chi connectivity index (χ4n) is 2.22. The van der Waals surface area contributed by atoms with Crippen LogP contribution >= 0.6 is 24.0 Å². The van der Waals surface area contributed by atoms with E-state index in [9.17, 15) is 12.8 Å². The lowest BCUT2D eigenvalue weighted by Gasteiger charge is -2.18. The van der Waals surface area contributed by atoms with Crippen LogP contribution in [0.15, 0.2) is 23.1 Å². The average molecular weight is 343 g/mol. The van der Waals surface area contributed by atoms with Crippen LogP contribution in [-0.4, -0.2) is 31.9 Å². The van der Waals surface area contributed by atoms with Crippen molar-refractivity contribution in [2.45, 2.75) is 24.3 Å². The molecule has 0 radical (unpaired) electrons. The van der Waals surface area contributed by atoms with Crippen LogP contribution in [-0.2, 0) is 10.0 Å². The van der Waals surface area contributed by atoms with Crippen molar-refractivity contribution in [3.63, 3.8) is 0 Å². The highest BCUT2D eigenvalue weighted by Crippen LogP contribution is 2.28. The van der Waals surface area contributed by atoms with Gasteiger partial charge in [-0.25, -0.2) is 12.8 Å². The Balaban J connectivity index is 0.00000200. The summed E-state index contributed by atoms with van der Waals surface area (Å²) >= 11 is 5.74. The molecule has 0 amide bonds. The van der Waals surface area contributed by atoms with Crippen molar-refractivity contribution in [2.24, 2.45) is 11.7 Å². The lowest BCUT2D eigenvalue weighted by atomic mass is 10.0. The van der Waals surface area contributed by atoms with Gasteiger partial charge >= 0.3 is 0 Å². The van der Waals surface area contributed by atoms with E-state index in [1.54, 1.807) is 0 Å². The smallest absolute Gasteiger partial charge is 0.246 e. The zero-order chi connectivity index (χ0) is 14.2. The Morgan fingerprint density at radius 1 is 1.50 bits per heavy atom. The molecule has 4 nitrogen and oxygen atoms in total. The minimum absolute atomic E-state index is 0. The second-order valence-electron chi connectivity index (χ2n) is 4.85. The molecule has 0 aromatic heterocycles. The third-order valence-electron chi connectivity index (χ3n) is 3.44. The molecular formula is C12H17Cl2FN2O2S. The van der Waals surface area contributed by atoms with Gasteiger partial charge in [-0.3, -0.25) is 0 Å². The number of nitrogens with zero attached hydrogens (tertiary/aromatic N) is 1. The van der Waals surface area contributed by atoms with Gasteiger partial charge in [0, 0.05) is 24.2 Å². The van der Waals surface area contributed by atoms with E-state index in [1.165, 1.54) is 10.4 Å². The maximum Gasteiger partial charge on any atom is 0.246 e. The summed E-state index contributed by atoms with van der Waals surface area (Å²) in [5.41, 5.74) is 5.78. The molecule has 0 bridgehead atoms. The molecule has 1 saturated heterocycles. The number of nitrogens with two attached hydrogens (primary N) is 1.